The number of rotatable bonds is 11. The number of oxazole rings is 1. The SMILES string of the molecule is COc1cccc2c(C(=O)N3CCC[C@H]3C(=O)Nc3ccc(-c4cnc(-c5ccc(NC(=O)[C@@H]6CCCN6C(=O)[C@@H](c6ccccc6)N(C)C)cc5)o4)cc3)nc(Cl)cc12. The molecule has 4 amide bonds. The lowest BCUT2D eigenvalue weighted by atomic mass is 10.0. The van der Waals surface area contributed by atoms with Crippen LogP contribution in [0.25, 0.3) is 33.6 Å². The number of benzene rings is 4. The van der Waals surface area contributed by atoms with Crippen molar-refractivity contribution in [3.63, 3.8) is 0 Å². The number of likely N-dealkylation sites (N-methyl/N-ethyl adjacent to an activating group) is 1. The molecule has 4 heterocycles. The number of methoxy groups -OCH3 is 1. The van der Waals surface area contributed by atoms with E-state index in [9.17, 15) is 19.2 Å². The van der Waals surface area contributed by atoms with Crippen molar-refractivity contribution in [1.29, 1.82) is 0 Å². The molecule has 0 bridgehead atoms. The molecule has 60 heavy (non-hydrogen) atoms. The van der Waals surface area contributed by atoms with Gasteiger partial charge in [-0.2, -0.15) is 0 Å². The van der Waals surface area contributed by atoms with Crippen LogP contribution in [0, 0.1) is 0 Å². The van der Waals surface area contributed by atoms with E-state index in [0.29, 0.717) is 77.5 Å². The molecule has 14 heteroatoms. The summed E-state index contributed by atoms with van der Waals surface area (Å²) in [5.41, 5.74) is 3.69. The molecule has 2 aliphatic rings. The minimum absolute atomic E-state index is 0.0913. The molecule has 8 rings (SSSR count). The second kappa shape index (κ2) is 17.3. The third-order valence-corrected chi connectivity index (χ3v) is 11.3. The van der Waals surface area contributed by atoms with Crippen LogP contribution in [-0.2, 0) is 14.4 Å². The molecule has 2 aliphatic heterocycles. The van der Waals surface area contributed by atoms with Gasteiger partial charge >= 0.3 is 0 Å². The summed E-state index contributed by atoms with van der Waals surface area (Å²) in [6, 6.07) is 29.3. The fourth-order valence-electron chi connectivity index (χ4n) is 8.14. The minimum Gasteiger partial charge on any atom is -0.496 e. The third-order valence-electron chi connectivity index (χ3n) is 11.1. The van der Waals surface area contributed by atoms with Gasteiger partial charge in [-0.3, -0.25) is 24.1 Å². The summed E-state index contributed by atoms with van der Waals surface area (Å²) in [6.45, 7) is 0.937. The molecular formula is C46H44ClN7O6. The quantitative estimate of drug-likeness (QED) is 0.125. The number of anilines is 2. The van der Waals surface area contributed by atoms with E-state index in [1.54, 1.807) is 71.6 Å². The number of amides is 4. The number of fused-ring (bicyclic) bond motifs is 1. The Kier molecular flexibility index (Phi) is 11.6. The smallest absolute Gasteiger partial charge is 0.273 e. The van der Waals surface area contributed by atoms with Gasteiger partial charge < -0.3 is 29.6 Å². The Labute approximate surface area is 352 Å². The lowest BCUT2D eigenvalue weighted by Gasteiger charge is -2.31. The molecule has 2 saturated heterocycles. The van der Waals surface area contributed by atoms with Gasteiger partial charge in [0.2, 0.25) is 23.6 Å². The van der Waals surface area contributed by atoms with E-state index >= 15 is 0 Å². The Morgan fingerprint density at radius 1 is 0.783 bits per heavy atom. The summed E-state index contributed by atoms with van der Waals surface area (Å²) < 4.78 is 11.6. The summed E-state index contributed by atoms with van der Waals surface area (Å²) in [5, 5.41) is 7.38. The zero-order valence-corrected chi connectivity index (χ0v) is 34.2. The second-order valence-corrected chi connectivity index (χ2v) is 15.5. The number of nitrogens with one attached hydrogen (secondary N) is 2. The van der Waals surface area contributed by atoms with Crippen molar-refractivity contribution in [2.45, 2.75) is 43.8 Å². The lowest BCUT2D eigenvalue weighted by Crippen LogP contribution is -2.47. The highest BCUT2D eigenvalue weighted by Crippen LogP contribution is 2.33. The molecule has 0 saturated carbocycles. The number of hydrogen-bond donors (Lipinski definition) is 2. The molecule has 0 spiro atoms. The Bertz CT molecular complexity index is 2550. The molecule has 0 radical (unpaired) electrons. The molecular weight excluding hydrogens is 782 g/mol. The van der Waals surface area contributed by atoms with Crippen LogP contribution < -0.4 is 15.4 Å². The standard InChI is InChI=1S/C46H44ClN7O6/c1-52(2)41(29-10-5-4-6-11-29)46(58)54-25-9-14-36(54)43(56)50-32-22-18-30(19-23-32)44-48-27-38(60-44)28-16-20-31(21-17-28)49-42(55)35-13-8-24-53(35)45(57)40-33-12-7-15-37(59-3)34(33)26-39(47)51-40/h4-7,10-12,15-23,26-27,35-36,41H,8-9,13-14,24-25H2,1-3H3,(H,49,55)(H,50,56)/t35-,36-,41+/m0/s1. The summed E-state index contributed by atoms with van der Waals surface area (Å²) in [4.78, 5) is 68.6. The Morgan fingerprint density at radius 3 is 2.03 bits per heavy atom. The van der Waals surface area contributed by atoms with Crippen molar-refractivity contribution in [2.75, 3.05) is 44.9 Å². The van der Waals surface area contributed by atoms with Crippen molar-refractivity contribution >= 4 is 57.4 Å². The highest BCUT2D eigenvalue weighted by Gasteiger charge is 2.39. The Balaban J connectivity index is 0.884. The lowest BCUT2D eigenvalue weighted by molar-refractivity contribution is -0.140. The maximum Gasteiger partial charge on any atom is 0.273 e. The predicted molar refractivity (Wildman–Crippen MR) is 230 cm³/mol. The second-order valence-electron chi connectivity index (χ2n) is 15.1. The molecule has 4 aromatic carbocycles. The summed E-state index contributed by atoms with van der Waals surface area (Å²) in [6.07, 6.45) is 4.16. The van der Waals surface area contributed by atoms with Crippen LogP contribution in [0.4, 0.5) is 11.4 Å². The molecule has 0 aliphatic carbocycles. The zero-order chi connectivity index (χ0) is 41.9. The molecule has 6 aromatic rings. The van der Waals surface area contributed by atoms with E-state index in [2.05, 4.69) is 20.6 Å². The summed E-state index contributed by atoms with van der Waals surface area (Å²) in [7, 11) is 5.29. The topological polar surface area (TPSA) is 150 Å². The van der Waals surface area contributed by atoms with Gasteiger partial charge in [-0.1, -0.05) is 54.1 Å². The first-order chi connectivity index (χ1) is 29.1. The van der Waals surface area contributed by atoms with E-state index < -0.39 is 18.1 Å². The van der Waals surface area contributed by atoms with Crippen molar-refractivity contribution in [3.05, 3.63) is 126 Å². The van der Waals surface area contributed by atoms with Crippen LogP contribution in [0.15, 0.2) is 114 Å². The molecule has 306 valence electrons. The highest BCUT2D eigenvalue weighted by molar-refractivity contribution is 6.30. The largest absolute Gasteiger partial charge is 0.496 e. The van der Waals surface area contributed by atoms with Crippen molar-refractivity contribution < 1.29 is 28.3 Å². The van der Waals surface area contributed by atoms with E-state index in [4.69, 9.17) is 20.8 Å². The van der Waals surface area contributed by atoms with Gasteiger partial charge in [-0.25, -0.2) is 9.97 Å². The normalized spacial score (nSPS) is 16.9. The summed E-state index contributed by atoms with van der Waals surface area (Å²) >= 11 is 6.33. The van der Waals surface area contributed by atoms with E-state index in [1.807, 2.05) is 73.6 Å². The number of carbonyl (C=O) groups is 4. The predicted octanol–water partition coefficient (Wildman–Crippen LogP) is 7.69. The number of aromatic nitrogens is 2. The Hall–Kier alpha value is -6.57. The third kappa shape index (κ3) is 8.18. The fourth-order valence-corrected chi connectivity index (χ4v) is 8.33. The van der Waals surface area contributed by atoms with Gasteiger partial charge in [-0.15, -0.1) is 0 Å². The number of halogens is 1. The van der Waals surface area contributed by atoms with E-state index in [1.165, 1.54) is 0 Å². The number of carbonyl (C=O) groups excluding carboxylic acids is 4. The molecule has 0 unspecified atom stereocenters. The maximum absolute atomic E-state index is 13.8. The number of ether oxygens (including phenoxy) is 1. The van der Waals surface area contributed by atoms with Gasteiger partial charge in [-0.05, 0) is 106 Å². The van der Waals surface area contributed by atoms with Crippen LogP contribution >= 0.6 is 11.6 Å². The molecule has 13 nitrogen and oxygen atoms in total. The molecule has 2 fully saturated rings. The monoisotopic (exact) mass is 825 g/mol. The van der Waals surface area contributed by atoms with Crippen LogP contribution in [-0.4, -0.2) is 94.7 Å². The molecule has 3 atom stereocenters. The van der Waals surface area contributed by atoms with E-state index in [0.717, 1.165) is 17.5 Å². The van der Waals surface area contributed by atoms with Gasteiger partial charge in [0.1, 0.15) is 34.7 Å². The van der Waals surface area contributed by atoms with Crippen molar-refractivity contribution in [1.82, 2.24) is 24.7 Å². The first-order valence-corrected chi connectivity index (χ1v) is 20.2. The van der Waals surface area contributed by atoms with Crippen LogP contribution in [0.2, 0.25) is 5.15 Å². The van der Waals surface area contributed by atoms with Crippen molar-refractivity contribution in [3.8, 4) is 28.5 Å². The summed E-state index contributed by atoms with van der Waals surface area (Å²) in [5.74, 6) is 0.518. The van der Waals surface area contributed by atoms with Crippen LogP contribution in [0.1, 0.15) is 47.8 Å². The first kappa shape index (κ1) is 40.2. The number of likely N-dealkylation sites (tertiary alicyclic amines) is 2. The van der Waals surface area contributed by atoms with Gasteiger partial charge in [0.15, 0.2) is 5.76 Å². The average molecular weight is 826 g/mol. The number of nitrogens with zero attached hydrogens (tertiary/aromatic N) is 5. The first-order valence-electron chi connectivity index (χ1n) is 19.8. The maximum atomic E-state index is 13.8. The molecule has 2 aromatic heterocycles. The van der Waals surface area contributed by atoms with Gasteiger partial charge in [0, 0.05) is 46.4 Å². The Morgan fingerprint density at radius 2 is 1.40 bits per heavy atom. The van der Waals surface area contributed by atoms with Crippen LogP contribution in [0.5, 0.6) is 5.75 Å². The molecule has 2 N–H and O–H groups in total. The zero-order valence-electron chi connectivity index (χ0n) is 33.4. The number of pyridine rings is 1. The van der Waals surface area contributed by atoms with Gasteiger partial charge in [0.25, 0.3) is 5.91 Å². The highest BCUT2D eigenvalue weighted by atomic mass is 35.5. The van der Waals surface area contributed by atoms with Crippen LogP contribution in [0.3, 0.4) is 0 Å². The van der Waals surface area contributed by atoms with E-state index in [-0.39, 0.29) is 34.5 Å². The minimum atomic E-state index is -0.683. The fraction of sp³-hybridized carbons (Fsp3) is 0.261. The van der Waals surface area contributed by atoms with Gasteiger partial charge in [0.05, 0.1) is 13.3 Å². The number of hydrogen-bond acceptors (Lipinski definition) is 9. The average Bonchev–Trinajstić information content (AvgIpc) is 4.06. The van der Waals surface area contributed by atoms with Crippen molar-refractivity contribution in [2.24, 2.45) is 0 Å².